The second kappa shape index (κ2) is 8.75. The number of nitrogens with zero attached hydrogens (tertiary/aromatic N) is 3. The van der Waals surface area contributed by atoms with Crippen LogP contribution in [0.2, 0.25) is 0 Å². The molecule has 3 heterocycles. The van der Waals surface area contributed by atoms with Gasteiger partial charge in [-0.15, -0.1) is 0 Å². The largest absolute Gasteiger partial charge is 0.495 e. The molecule has 0 spiro atoms. The number of pyridine rings is 1. The summed E-state index contributed by atoms with van der Waals surface area (Å²) in [4.78, 5) is 19.8. The fourth-order valence-electron chi connectivity index (χ4n) is 5.15. The lowest BCUT2D eigenvalue weighted by molar-refractivity contribution is 0.0498. The molecule has 1 aliphatic carbocycles. The van der Waals surface area contributed by atoms with Gasteiger partial charge in [0.05, 0.1) is 18.2 Å². The van der Waals surface area contributed by atoms with Crippen LogP contribution in [0.15, 0.2) is 30.5 Å². The number of amides is 1. The van der Waals surface area contributed by atoms with E-state index in [9.17, 15) is 10.1 Å². The van der Waals surface area contributed by atoms with Crippen LogP contribution in [0.4, 0.5) is 4.39 Å². The van der Waals surface area contributed by atoms with Crippen molar-refractivity contribution in [1.82, 2.24) is 9.88 Å². The van der Waals surface area contributed by atoms with Gasteiger partial charge >= 0.3 is 0 Å². The molecule has 2 aliphatic heterocycles. The van der Waals surface area contributed by atoms with Gasteiger partial charge in [-0.25, -0.2) is 4.39 Å². The minimum absolute atomic E-state index is 0.148. The molecular weight excluding hydrogens is 421 g/mol. The summed E-state index contributed by atoms with van der Waals surface area (Å²) >= 11 is 0. The third kappa shape index (κ3) is 3.87. The Morgan fingerprint density at radius 2 is 1.97 bits per heavy atom. The van der Waals surface area contributed by atoms with Crippen molar-refractivity contribution in [3.8, 4) is 11.8 Å². The van der Waals surface area contributed by atoms with Crippen molar-refractivity contribution in [2.75, 3.05) is 33.4 Å². The second-order valence-electron chi connectivity index (χ2n) is 9.31. The van der Waals surface area contributed by atoms with E-state index in [-0.39, 0.29) is 28.7 Å². The Balaban J connectivity index is 1.33. The topological polar surface area (TPSA) is 75.5 Å². The SMILES string of the molecule is COc1c(C#N)ccc(C2(F)CCC2)c1C(=O)N1CC(c2ccc(C3CCOCC3)cn2)C1. The molecule has 0 bridgehead atoms. The second-order valence-corrected chi connectivity index (χ2v) is 9.31. The van der Waals surface area contributed by atoms with Crippen LogP contribution in [0, 0.1) is 11.3 Å². The average molecular weight is 450 g/mol. The Morgan fingerprint density at radius 1 is 1.21 bits per heavy atom. The predicted molar refractivity (Wildman–Crippen MR) is 120 cm³/mol. The maximum absolute atomic E-state index is 15.4. The molecule has 1 amide bonds. The zero-order chi connectivity index (χ0) is 23.0. The molecule has 172 valence electrons. The molecule has 33 heavy (non-hydrogen) atoms. The highest BCUT2D eigenvalue weighted by atomic mass is 19.1. The molecule has 3 fully saturated rings. The fraction of sp³-hybridized carbons (Fsp3) is 0.500. The Labute approximate surface area is 193 Å². The highest BCUT2D eigenvalue weighted by molar-refractivity contribution is 6.00. The third-order valence-corrected chi connectivity index (χ3v) is 7.41. The normalized spacial score (nSPS) is 20.5. The monoisotopic (exact) mass is 449 g/mol. The molecule has 0 N–H and O–H groups in total. The minimum atomic E-state index is -1.53. The Morgan fingerprint density at radius 3 is 2.55 bits per heavy atom. The fourth-order valence-corrected chi connectivity index (χ4v) is 5.15. The Hall–Kier alpha value is -2.98. The quantitative estimate of drug-likeness (QED) is 0.674. The number of carbonyl (C=O) groups excluding carboxylic acids is 1. The van der Waals surface area contributed by atoms with Crippen molar-refractivity contribution in [2.45, 2.75) is 49.6 Å². The summed E-state index contributed by atoms with van der Waals surface area (Å²) in [5.41, 5.74) is 1.46. The smallest absolute Gasteiger partial charge is 0.258 e. The number of hydrogen-bond acceptors (Lipinski definition) is 5. The average Bonchev–Trinajstić information content (AvgIpc) is 2.81. The number of methoxy groups -OCH3 is 1. The summed E-state index contributed by atoms with van der Waals surface area (Å²) in [5, 5.41) is 9.47. The first-order valence-electron chi connectivity index (χ1n) is 11.7. The van der Waals surface area contributed by atoms with E-state index < -0.39 is 5.67 Å². The lowest BCUT2D eigenvalue weighted by Gasteiger charge is -2.41. The van der Waals surface area contributed by atoms with E-state index in [0.717, 1.165) is 38.2 Å². The number of halogens is 1. The number of carbonyl (C=O) groups is 1. The van der Waals surface area contributed by atoms with Crippen LogP contribution in [-0.4, -0.2) is 49.2 Å². The Bertz CT molecular complexity index is 1080. The molecule has 2 saturated heterocycles. The van der Waals surface area contributed by atoms with Crippen LogP contribution in [0.5, 0.6) is 5.75 Å². The van der Waals surface area contributed by atoms with Crippen molar-refractivity contribution < 1.29 is 18.7 Å². The lowest BCUT2D eigenvalue weighted by Crippen LogP contribution is -2.49. The molecule has 0 unspecified atom stereocenters. The first kappa shape index (κ1) is 21.8. The van der Waals surface area contributed by atoms with E-state index in [0.29, 0.717) is 37.4 Å². The van der Waals surface area contributed by atoms with Crippen molar-refractivity contribution in [3.63, 3.8) is 0 Å². The van der Waals surface area contributed by atoms with Crippen LogP contribution in [-0.2, 0) is 10.4 Å². The van der Waals surface area contributed by atoms with E-state index >= 15 is 4.39 Å². The van der Waals surface area contributed by atoms with Gasteiger partial charge < -0.3 is 14.4 Å². The van der Waals surface area contributed by atoms with Gasteiger partial charge in [-0.05, 0) is 55.7 Å². The van der Waals surface area contributed by atoms with Crippen LogP contribution in [0.25, 0.3) is 0 Å². The number of benzene rings is 1. The maximum Gasteiger partial charge on any atom is 0.258 e. The van der Waals surface area contributed by atoms with Gasteiger partial charge in [0.2, 0.25) is 0 Å². The van der Waals surface area contributed by atoms with Crippen LogP contribution < -0.4 is 4.74 Å². The summed E-state index contributed by atoms with van der Waals surface area (Å²) in [6.45, 7) is 2.62. The van der Waals surface area contributed by atoms with E-state index in [2.05, 4.69) is 23.2 Å². The van der Waals surface area contributed by atoms with Gasteiger partial charge in [0, 0.05) is 49.7 Å². The summed E-state index contributed by atoms with van der Waals surface area (Å²) in [6, 6.07) is 9.40. The Kier molecular flexibility index (Phi) is 5.79. The number of ether oxygens (including phenoxy) is 2. The molecule has 6 nitrogen and oxygen atoms in total. The van der Waals surface area contributed by atoms with Gasteiger partial charge in [0.1, 0.15) is 17.5 Å². The molecule has 2 aromatic rings. The molecule has 1 aromatic carbocycles. The number of hydrogen-bond donors (Lipinski definition) is 0. The zero-order valence-corrected chi connectivity index (χ0v) is 18.8. The lowest BCUT2D eigenvalue weighted by atomic mass is 9.74. The van der Waals surface area contributed by atoms with Gasteiger partial charge in [-0.1, -0.05) is 12.1 Å². The number of aromatic nitrogens is 1. The molecule has 0 radical (unpaired) electrons. The molecule has 0 atom stereocenters. The molecule has 5 rings (SSSR count). The van der Waals surface area contributed by atoms with Crippen molar-refractivity contribution >= 4 is 5.91 Å². The summed E-state index contributed by atoms with van der Waals surface area (Å²) < 4.78 is 26.3. The summed E-state index contributed by atoms with van der Waals surface area (Å²) in [7, 11) is 1.42. The van der Waals surface area contributed by atoms with Gasteiger partial charge in [0.25, 0.3) is 5.91 Å². The van der Waals surface area contributed by atoms with Gasteiger partial charge in [-0.3, -0.25) is 9.78 Å². The zero-order valence-electron chi connectivity index (χ0n) is 18.8. The first-order chi connectivity index (χ1) is 16.0. The molecule has 1 saturated carbocycles. The van der Waals surface area contributed by atoms with E-state index in [4.69, 9.17) is 9.47 Å². The van der Waals surface area contributed by atoms with Crippen LogP contribution in [0.3, 0.4) is 0 Å². The number of nitriles is 1. The highest BCUT2D eigenvalue weighted by Gasteiger charge is 2.45. The van der Waals surface area contributed by atoms with E-state index in [1.165, 1.54) is 12.7 Å². The molecular formula is C26H28FN3O3. The van der Waals surface area contributed by atoms with Gasteiger partial charge in [0.15, 0.2) is 0 Å². The maximum atomic E-state index is 15.4. The van der Waals surface area contributed by atoms with E-state index in [1.807, 2.05) is 6.20 Å². The minimum Gasteiger partial charge on any atom is -0.495 e. The predicted octanol–water partition coefficient (Wildman–Crippen LogP) is 4.44. The third-order valence-electron chi connectivity index (χ3n) is 7.41. The number of rotatable bonds is 5. The standard InChI is InChI=1S/C26H28FN3O3/c1-32-24-18(13-28)3-5-21(26(27)9-2-10-26)23(24)25(31)30-15-20(16-30)22-6-4-19(14-29-22)17-7-11-33-12-8-17/h3-6,14,17,20H,2,7-12,15-16H2,1H3. The highest BCUT2D eigenvalue weighted by Crippen LogP contribution is 2.49. The van der Waals surface area contributed by atoms with Gasteiger partial charge in [-0.2, -0.15) is 5.26 Å². The first-order valence-corrected chi connectivity index (χ1v) is 11.7. The molecule has 3 aliphatic rings. The van der Waals surface area contributed by atoms with E-state index in [1.54, 1.807) is 17.0 Å². The van der Waals surface area contributed by atoms with Crippen molar-refractivity contribution in [1.29, 1.82) is 5.26 Å². The number of likely N-dealkylation sites (tertiary alicyclic amines) is 1. The van der Waals surface area contributed by atoms with Crippen LogP contribution in [0.1, 0.15) is 76.7 Å². The van der Waals surface area contributed by atoms with Crippen molar-refractivity contribution in [3.05, 3.63) is 58.4 Å². The summed E-state index contributed by atoms with van der Waals surface area (Å²) in [6.07, 6.45) is 5.55. The number of alkyl halides is 1. The van der Waals surface area contributed by atoms with Crippen LogP contribution >= 0.6 is 0 Å². The van der Waals surface area contributed by atoms with Crippen molar-refractivity contribution in [2.24, 2.45) is 0 Å². The molecule has 7 heteroatoms. The summed E-state index contributed by atoms with van der Waals surface area (Å²) in [5.74, 6) is 0.538. The molecule has 1 aromatic heterocycles.